The molecule has 46 heavy (non-hydrogen) atoms. The summed E-state index contributed by atoms with van der Waals surface area (Å²) >= 11 is 1.22. The van der Waals surface area contributed by atoms with Crippen LogP contribution in [-0.4, -0.2) is 32.3 Å². The number of rotatable bonds is 3. The summed E-state index contributed by atoms with van der Waals surface area (Å²) in [6.45, 7) is 11.1. The zero-order valence-electron chi connectivity index (χ0n) is 25.0. The van der Waals surface area contributed by atoms with E-state index in [2.05, 4.69) is 31.1 Å². The molecule has 5 aliphatic rings. The Bertz CT molecular complexity index is 1660. The van der Waals surface area contributed by atoms with Gasteiger partial charge in [0.2, 0.25) is 0 Å². The summed E-state index contributed by atoms with van der Waals surface area (Å²) in [5.74, 6) is 0.230. The Morgan fingerprint density at radius 3 is 1.80 bits per heavy atom. The molecule has 0 saturated heterocycles. The van der Waals surface area contributed by atoms with E-state index in [0.29, 0.717) is 5.56 Å². The van der Waals surface area contributed by atoms with Gasteiger partial charge >= 0.3 is 193 Å². The van der Waals surface area contributed by atoms with E-state index in [-0.39, 0.29) is 52.1 Å². The summed E-state index contributed by atoms with van der Waals surface area (Å²) in [5.41, 5.74) is 0.0493. The number of aliphatic imine (C=N–C) groups is 1. The molecule has 0 spiro atoms. The number of fused-ring (bicyclic) bond motifs is 1. The molecule has 0 amide bonds. The maximum atomic E-state index is 13.4. The summed E-state index contributed by atoms with van der Waals surface area (Å²) in [7, 11) is -1.13. The number of benzene rings is 2. The number of halogens is 11. The Morgan fingerprint density at radius 2 is 1.35 bits per heavy atom. The Kier molecular flexibility index (Phi) is 10.5. The standard InChI is InChI=1S/C22H16F9.C10H11NSi.2ClH.Zr/c1-12(2)15-10-14-4-3-5-17(18(14)11-15)13-6-8-16(9-7-13)19(20(23,24)25,21(26,27)28)22(29,30)31;1-6-9-7-4-5-11-8(7)10(6)12(9,2)3;;;/h3-12H,1-2H3;4-5H,1-3H3;2*1H;/q;;;;+2/p-2. The van der Waals surface area contributed by atoms with E-state index >= 15 is 0 Å². The number of hydrogen-bond donors (Lipinski definition) is 0. The fourth-order valence-corrected chi connectivity index (χ4v) is 12.4. The largest absolute Gasteiger partial charge is 1.00 e. The molecule has 2 aliphatic carbocycles. The van der Waals surface area contributed by atoms with Crippen molar-refractivity contribution < 1.29 is 89.0 Å². The fourth-order valence-electron chi connectivity index (χ4n) is 6.92. The van der Waals surface area contributed by atoms with E-state index in [1.165, 1.54) is 41.6 Å². The normalized spacial score (nSPS) is 19.5. The quantitative estimate of drug-likeness (QED) is 0.326. The van der Waals surface area contributed by atoms with Gasteiger partial charge in [-0.3, -0.25) is 4.99 Å². The van der Waals surface area contributed by atoms with E-state index in [9.17, 15) is 39.5 Å². The van der Waals surface area contributed by atoms with Gasteiger partial charge in [0.1, 0.15) is 8.07 Å². The maximum absolute atomic E-state index is 13.4. The van der Waals surface area contributed by atoms with Crippen molar-refractivity contribution in [2.75, 3.05) is 0 Å². The van der Waals surface area contributed by atoms with Gasteiger partial charge in [-0.05, 0) is 29.0 Å². The van der Waals surface area contributed by atoms with Gasteiger partial charge in [-0.1, -0.05) is 13.1 Å². The molecular weight excluding hydrogens is 760 g/mol. The molecule has 7 rings (SSSR count). The minimum atomic E-state index is -6.63. The van der Waals surface area contributed by atoms with E-state index < -0.39 is 37.6 Å². The van der Waals surface area contributed by atoms with Crippen molar-refractivity contribution in [1.29, 1.82) is 0 Å². The zero-order valence-corrected chi connectivity index (χ0v) is 30.0. The Labute approximate surface area is 289 Å². The zero-order chi connectivity index (χ0) is 32.8. The van der Waals surface area contributed by atoms with Crippen LogP contribution in [0.15, 0.2) is 86.8 Å². The van der Waals surface area contributed by atoms with Gasteiger partial charge in [0.15, 0.2) is 0 Å². The maximum Gasteiger partial charge on any atom is 0.116 e. The van der Waals surface area contributed by atoms with Crippen LogP contribution in [0.4, 0.5) is 39.5 Å². The third-order valence-corrected chi connectivity index (χ3v) is 14.2. The summed E-state index contributed by atoms with van der Waals surface area (Å²) in [6, 6.07) is 7.52. The first-order valence-electron chi connectivity index (χ1n) is 13.8. The molecule has 0 radical (unpaired) electrons. The van der Waals surface area contributed by atoms with Crippen molar-refractivity contribution in [3.63, 3.8) is 0 Å². The van der Waals surface area contributed by atoms with Gasteiger partial charge in [0.25, 0.3) is 0 Å². The topological polar surface area (TPSA) is 12.4 Å². The average Bonchev–Trinajstić information content (AvgIpc) is 3.59. The van der Waals surface area contributed by atoms with Crippen molar-refractivity contribution in [1.82, 2.24) is 0 Å². The Morgan fingerprint density at radius 1 is 0.804 bits per heavy atom. The molecule has 0 fully saturated rings. The molecule has 3 aliphatic heterocycles. The van der Waals surface area contributed by atoms with Crippen LogP contribution in [0.1, 0.15) is 41.1 Å². The third kappa shape index (κ3) is 5.57. The van der Waals surface area contributed by atoms with Gasteiger partial charge in [-0.15, -0.1) is 0 Å². The average molecular weight is 787 g/mol. The summed E-state index contributed by atoms with van der Waals surface area (Å²) in [5, 5.41) is 3.27. The minimum absolute atomic E-state index is 0. The van der Waals surface area contributed by atoms with Gasteiger partial charge in [0.05, 0.1) is 5.71 Å². The van der Waals surface area contributed by atoms with Crippen LogP contribution in [0, 0.1) is 5.92 Å². The second kappa shape index (κ2) is 12.5. The van der Waals surface area contributed by atoms with Crippen LogP contribution >= 0.6 is 0 Å². The molecule has 1 nitrogen and oxygen atoms in total. The van der Waals surface area contributed by atoms with Crippen LogP contribution in [-0.2, 0) is 30.1 Å². The molecule has 245 valence electrons. The van der Waals surface area contributed by atoms with Gasteiger partial charge in [0, 0.05) is 11.8 Å². The van der Waals surface area contributed by atoms with E-state index in [1.807, 2.05) is 32.2 Å². The number of allylic oxidation sites excluding steroid dienone is 6. The van der Waals surface area contributed by atoms with E-state index in [4.69, 9.17) is 0 Å². The molecule has 2 aromatic rings. The van der Waals surface area contributed by atoms with Crippen molar-refractivity contribution in [3.05, 3.63) is 98.5 Å². The van der Waals surface area contributed by atoms with Crippen molar-refractivity contribution in [2.45, 2.75) is 61.4 Å². The fraction of sp³-hybridized carbons (Fsp3) is 0.344. The first kappa shape index (κ1) is 38.6. The predicted molar refractivity (Wildman–Crippen MR) is 151 cm³/mol. The van der Waals surface area contributed by atoms with Crippen molar-refractivity contribution in [3.8, 4) is 11.1 Å². The molecule has 2 bridgehead atoms. The van der Waals surface area contributed by atoms with E-state index in [0.717, 1.165) is 28.8 Å². The SMILES string of the molecule is CC(C)C1=Cc2c(-c3ccc(C(C(F)(F)F)(C(F)(F)F)C(F)(F)F)cc3)cccc2[CH]1[Zr+2].CC1=C2C3=NC=CC3=C1[Si]2(C)C.[Cl-].[Cl-]. The third-order valence-electron chi connectivity index (χ3n) is 8.87. The Hall–Kier alpha value is -1.88. The molecule has 0 N–H and O–H groups in total. The monoisotopic (exact) mass is 784 g/mol. The molecule has 3 heterocycles. The van der Waals surface area contributed by atoms with Crippen LogP contribution in [0.5, 0.6) is 0 Å². The van der Waals surface area contributed by atoms with Crippen molar-refractivity contribution in [2.24, 2.45) is 10.9 Å². The Balaban J connectivity index is 0.000000341. The summed E-state index contributed by atoms with van der Waals surface area (Å²) < 4.78 is 121. The number of nitrogens with zero attached hydrogens (tertiary/aromatic N) is 1. The molecular formula is C32H27Cl2F9NSiZr. The summed E-state index contributed by atoms with van der Waals surface area (Å²) in [4.78, 5) is 4.42. The smallest absolute Gasteiger partial charge is 0.116 e. The van der Waals surface area contributed by atoms with Gasteiger partial charge < -0.3 is 24.8 Å². The van der Waals surface area contributed by atoms with Gasteiger partial charge in [-0.2, -0.15) is 0 Å². The van der Waals surface area contributed by atoms with Crippen LogP contribution in [0.25, 0.3) is 17.2 Å². The molecule has 2 aromatic carbocycles. The number of hydrogen-bond acceptors (Lipinski definition) is 1. The van der Waals surface area contributed by atoms with Gasteiger partial charge in [-0.25, -0.2) is 0 Å². The first-order valence-corrected chi connectivity index (χ1v) is 18.2. The second-order valence-corrected chi connectivity index (χ2v) is 17.7. The molecule has 0 saturated carbocycles. The van der Waals surface area contributed by atoms with Crippen molar-refractivity contribution >= 4 is 19.9 Å². The molecule has 0 aromatic heterocycles. The predicted octanol–water partition coefficient (Wildman–Crippen LogP) is 4.31. The molecule has 1 unspecified atom stereocenters. The minimum Gasteiger partial charge on any atom is -1.00 e. The molecule has 1 atom stereocenters. The van der Waals surface area contributed by atoms with Crippen LogP contribution < -0.4 is 24.8 Å². The molecule has 14 heteroatoms. The van der Waals surface area contributed by atoms with Crippen LogP contribution in [0.3, 0.4) is 0 Å². The second-order valence-electron chi connectivity index (χ2n) is 12.1. The number of alkyl halides is 9. The van der Waals surface area contributed by atoms with Crippen LogP contribution in [0.2, 0.25) is 13.1 Å². The summed E-state index contributed by atoms with van der Waals surface area (Å²) in [6.07, 6.45) is -13.9. The first-order chi connectivity index (χ1) is 20.2. The van der Waals surface area contributed by atoms with E-state index in [1.54, 1.807) is 22.5 Å².